The number of ether oxygens (including phenoxy) is 2. The van der Waals surface area contributed by atoms with E-state index < -0.39 is 0 Å². The van der Waals surface area contributed by atoms with E-state index in [0.29, 0.717) is 19.4 Å². The molecule has 2 amide bonds. The molecule has 3 heterocycles. The van der Waals surface area contributed by atoms with Crippen molar-refractivity contribution in [3.63, 3.8) is 0 Å². The van der Waals surface area contributed by atoms with E-state index in [1.807, 2.05) is 36.8 Å². The molecule has 10 nitrogen and oxygen atoms in total. The second kappa shape index (κ2) is 16.1. The lowest BCUT2D eigenvalue weighted by Crippen LogP contribution is -2.47. The third-order valence-corrected chi connectivity index (χ3v) is 11.2. The van der Waals surface area contributed by atoms with Crippen LogP contribution in [0, 0.1) is 0 Å². The van der Waals surface area contributed by atoms with Crippen molar-refractivity contribution < 1.29 is 19.1 Å². The molecule has 2 aromatic heterocycles. The Labute approximate surface area is 313 Å². The normalized spacial score (nSPS) is 15.3. The molecule has 1 aliphatic heterocycles. The molecule has 0 radical (unpaired) electrons. The standard InChI is InChI=1S/C43H56N6O4/c1-10-14-39(50)48(25(5)12-3)26(6)42-44-23-36(46-42)30-16-18-32-31(20-30)24-53-38-22-33-29(21-34(32)38)17-19-35-41(33)47-43(45-35)27(7)49(40(51)15-11-2)37(13-4)28(8)52-9/h16-23,25-28,37H,10-15,24H2,1-9H3,(H,44,46)(H,45,47)/t25-,26-,27-,28?,37+/m0/s1. The summed E-state index contributed by atoms with van der Waals surface area (Å²) in [7, 11) is 1.70. The minimum atomic E-state index is -0.259. The van der Waals surface area contributed by atoms with Gasteiger partial charge in [0.05, 0.1) is 47.2 Å². The number of methoxy groups -OCH3 is 1. The predicted octanol–water partition coefficient (Wildman–Crippen LogP) is 9.66. The van der Waals surface area contributed by atoms with Crippen LogP contribution in [-0.4, -0.2) is 66.8 Å². The highest BCUT2D eigenvalue weighted by molar-refractivity contribution is 6.07. The van der Waals surface area contributed by atoms with Gasteiger partial charge in [-0.3, -0.25) is 9.59 Å². The van der Waals surface area contributed by atoms with E-state index in [0.717, 1.165) is 92.8 Å². The fraction of sp³-hybridized carbons (Fsp3) is 0.488. The molecule has 0 bridgehead atoms. The second-order valence-corrected chi connectivity index (χ2v) is 14.6. The van der Waals surface area contributed by atoms with Crippen LogP contribution in [0.5, 0.6) is 5.75 Å². The zero-order valence-corrected chi connectivity index (χ0v) is 32.9. The maximum absolute atomic E-state index is 13.5. The monoisotopic (exact) mass is 720 g/mol. The lowest BCUT2D eigenvalue weighted by Gasteiger charge is -2.38. The maximum Gasteiger partial charge on any atom is 0.223 e. The minimum Gasteiger partial charge on any atom is -0.488 e. The molecular weight excluding hydrogens is 665 g/mol. The number of nitrogens with one attached hydrogen (secondary N) is 2. The van der Waals surface area contributed by atoms with E-state index in [2.05, 4.69) is 87.1 Å². The van der Waals surface area contributed by atoms with Gasteiger partial charge in [-0.05, 0) is 99.7 Å². The van der Waals surface area contributed by atoms with E-state index >= 15 is 0 Å². The summed E-state index contributed by atoms with van der Waals surface area (Å²) < 4.78 is 12.1. The number of amides is 2. The van der Waals surface area contributed by atoms with Crippen molar-refractivity contribution in [1.29, 1.82) is 0 Å². The summed E-state index contributed by atoms with van der Waals surface area (Å²) in [6, 6.07) is 14.6. The van der Waals surface area contributed by atoms with Gasteiger partial charge in [0, 0.05) is 36.9 Å². The molecule has 6 rings (SSSR count). The Hall–Kier alpha value is -4.70. The quantitative estimate of drug-likeness (QED) is 0.111. The van der Waals surface area contributed by atoms with Crippen LogP contribution in [-0.2, 0) is 20.9 Å². The molecule has 53 heavy (non-hydrogen) atoms. The number of carbonyl (C=O) groups excluding carboxylic acids is 2. The Balaban J connectivity index is 1.30. The summed E-state index contributed by atoms with van der Waals surface area (Å²) in [6.45, 7) is 17.0. The highest BCUT2D eigenvalue weighted by Gasteiger charge is 2.33. The number of aromatic amines is 2. The van der Waals surface area contributed by atoms with E-state index in [1.165, 1.54) is 0 Å². The van der Waals surface area contributed by atoms with Gasteiger partial charge in [-0.15, -0.1) is 0 Å². The second-order valence-electron chi connectivity index (χ2n) is 14.6. The molecule has 5 atom stereocenters. The lowest BCUT2D eigenvalue weighted by molar-refractivity contribution is -0.140. The molecule has 0 saturated carbocycles. The predicted molar refractivity (Wildman–Crippen MR) is 212 cm³/mol. The van der Waals surface area contributed by atoms with Crippen LogP contribution in [0.1, 0.15) is 123 Å². The average molecular weight is 721 g/mol. The van der Waals surface area contributed by atoms with Crippen LogP contribution >= 0.6 is 0 Å². The van der Waals surface area contributed by atoms with Gasteiger partial charge in [-0.25, -0.2) is 9.97 Å². The van der Waals surface area contributed by atoms with Crippen molar-refractivity contribution in [2.75, 3.05) is 7.11 Å². The molecule has 0 aliphatic carbocycles. The number of fused-ring (bicyclic) bond motifs is 6. The highest BCUT2D eigenvalue weighted by Crippen LogP contribution is 2.43. The van der Waals surface area contributed by atoms with Gasteiger partial charge >= 0.3 is 0 Å². The Kier molecular flexibility index (Phi) is 11.6. The van der Waals surface area contributed by atoms with Crippen LogP contribution in [0.25, 0.3) is 44.2 Å². The van der Waals surface area contributed by atoms with Crippen LogP contribution in [0.2, 0.25) is 0 Å². The zero-order valence-electron chi connectivity index (χ0n) is 32.9. The molecule has 282 valence electrons. The van der Waals surface area contributed by atoms with Crippen molar-refractivity contribution in [1.82, 2.24) is 29.7 Å². The van der Waals surface area contributed by atoms with Gasteiger partial charge in [-0.2, -0.15) is 0 Å². The third-order valence-electron chi connectivity index (χ3n) is 11.2. The van der Waals surface area contributed by atoms with Crippen molar-refractivity contribution in [2.45, 2.75) is 131 Å². The first-order valence-corrected chi connectivity index (χ1v) is 19.5. The van der Waals surface area contributed by atoms with Gasteiger partial charge in [-0.1, -0.05) is 45.9 Å². The molecule has 1 unspecified atom stereocenters. The number of rotatable bonds is 15. The largest absolute Gasteiger partial charge is 0.488 e. The number of hydrogen-bond donors (Lipinski definition) is 2. The molecule has 0 fully saturated rings. The molecule has 10 heteroatoms. The summed E-state index contributed by atoms with van der Waals surface area (Å²) in [6.07, 6.45) is 6.04. The van der Waals surface area contributed by atoms with E-state index in [9.17, 15) is 9.59 Å². The van der Waals surface area contributed by atoms with Crippen molar-refractivity contribution in [2.24, 2.45) is 0 Å². The average Bonchev–Trinajstić information content (AvgIpc) is 3.84. The first-order valence-electron chi connectivity index (χ1n) is 19.5. The van der Waals surface area contributed by atoms with E-state index in [-0.39, 0.29) is 42.1 Å². The molecule has 2 N–H and O–H groups in total. The molecule has 5 aromatic rings. The Morgan fingerprint density at radius 1 is 0.849 bits per heavy atom. The summed E-state index contributed by atoms with van der Waals surface area (Å²) in [5, 5.41) is 2.07. The van der Waals surface area contributed by atoms with Crippen LogP contribution in [0.3, 0.4) is 0 Å². The summed E-state index contributed by atoms with van der Waals surface area (Å²) in [4.78, 5) is 47.4. The topological polar surface area (TPSA) is 116 Å². The fourth-order valence-corrected chi connectivity index (χ4v) is 7.96. The first-order chi connectivity index (χ1) is 25.5. The lowest BCUT2D eigenvalue weighted by atomic mass is 9.92. The Morgan fingerprint density at radius 2 is 1.57 bits per heavy atom. The number of nitrogens with zero attached hydrogens (tertiary/aromatic N) is 4. The number of aromatic nitrogens is 4. The molecule has 0 saturated heterocycles. The van der Waals surface area contributed by atoms with Gasteiger partial charge < -0.3 is 29.2 Å². The number of H-pyrrole nitrogens is 2. The van der Waals surface area contributed by atoms with Crippen molar-refractivity contribution >= 4 is 33.6 Å². The van der Waals surface area contributed by atoms with Gasteiger partial charge in [0.2, 0.25) is 11.8 Å². The van der Waals surface area contributed by atoms with Crippen LogP contribution < -0.4 is 4.74 Å². The Bertz CT molecular complexity index is 2080. The number of hydrogen-bond acceptors (Lipinski definition) is 6. The van der Waals surface area contributed by atoms with Crippen molar-refractivity contribution in [3.8, 4) is 28.1 Å². The fourth-order valence-electron chi connectivity index (χ4n) is 7.96. The number of imidazole rings is 2. The van der Waals surface area contributed by atoms with Gasteiger partial charge in [0.15, 0.2) is 0 Å². The summed E-state index contributed by atoms with van der Waals surface area (Å²) in [5.74, 6) is 2.64. The van der Waals surface area contributed by atoms with Gasteiger partial charge in [0.1, 0.15) is 24.0 Å². The van der Waals surface area contributed by atoms with E-state index in [1.54, 1.807) is 7.11 Å². The Morgan fingerprint density at radius 3 is 2.25 bits per heavy atom. The SMILES string of the molecule is CCCC(=O)N([C@H](CC)C(C)OC)[C@@H](C)c1nc2c(ccc3cc4c(cc32)OCc2cc(-c3cnc([C@H](C)N(C(=O)CCC)[C@@H](C)CC)[nH]3)ccc2-4)[nH]1. The summed E-state index contributed by atoms with van der Waals surface area (Å²) >= 11 is 0. The van der Waals surface area contributed by atoms with Gasteiger partial charge in [0.25, 0.3) is 0 Å². The highest BCUT2D eigenvalue weighted by atomic mass is 16.5. The van der Waals surface area contributed by atoms with E-state index in [4.69, 9.17) is 19.4 Å². The van der Waals surface area contributed by atoms with Crippen molar-refractivity contribution in [3.05, 3.63) is 65.9 Å². The smallest absolute Gasteiger partial charge is 0.223 e. The maximum atomic E-state index is 13.5. The zero-order chi connectivity index (χ0) is 38.0. The first kappa shape index (κ1) is 38.0. The molecule has 1 aliphatic rings. The van der Waals surface area contributed by atoms with Crippen LogP contribution in [0.4, 0.5) is 0 Å². The van der Waals surface area contributed by atoms with Crippen LogP contribution in [0.15, 0.2) is 48.7 Å². The number of carbonyl (C=O) groups is 2. The minimum absolute atomic E-state index is 0.0694. The third kappa shape index (κ3) is 7.30. The molecule has 3 aromatic carbocycles. The summed E-state index contributed by atoms with van der Waals surface area (Å²) in [5.41, 5.74) is 7.00. The molecular formula is C43H56N6O4. The number of benzene rings is 3. The molecule has 0 spiro atoms.